The lowest BCUT2D eigenvalue weighted by Gasteiger charge is -2.45. The summed E-state index contributed by atoms with van der Waals surface area (Å²) in [5.74, 6) is 0.154. The Hall–Kier alpha value is -1.84. The molecule has 0 spiro atoms. The zero-order valence-electron chi connectivity index (χ0n) is 12.3. The van der Waals surface area contributed by atoms with Crippen LogP contribution in [0.2, 0.25) is 0 Å². The first-order valence-electron chi connectivity index (χ1n) is 7.64. The highest BCUT2D eigenvalue weighted by Gasteiger charge is 2.42. The van der Waals surface area contributed by atoms with Crippen LogP contribution in [0.5, 0.6) is 0 Å². The molecule has 1 aliphatic heterocycles. The van der Waals surface area contributed by atoms with Crippen LogP contribution in [0, 0.1) is 5.92 Å². The number of ether oxygens (including phenoxy) is 1. The summed E-state index contributed by atoms with van der Waals surface area (Å²) in [6.45, 7) is 2.13. The zero-order chi connectivity index (χ0) is 14.8. The maximum absolute atomic E-state index is 12.4. The second-order valence-corrected chi connectivity index (χ2v) is 6.09. The summed E-state index contributed by atoms with van der Waals surface area (Å²) in [7, 11) is 0. The zero-order valence-corrected chi connectivity index (χ0v) is 12.3. The molecule has 3 atom stereocenters. The molecule has 0 aromatic heterocycles. The van der Waals surface area contributed by atoms with Crippen molar-refractivity contribution in [1.82, 2.24) is 4.90 Å². The van der Waals surface area contributed by atoms with Crippen LogP contribution in [-0.2, 0) is 20.9 Å². The van der Waals surface area contributed by atoms with Gasteiger partial charge in [0.15, 0.2) is 0 Å². The largest absolute Gasteiger partial charge is 0.462 e. The van der Waals surface area contributed by atoms with Gasteiger partial charge in [0.2, 0.25) is 5.91 Å². The van der Waals surface area contributed by atoms with Crippen LogP contribution in [0.1, 0.15) is 38.2 Å². The molecule has 1 saturated heterocycles. The van der Waals surface area contributed by atoms with E-state index in [-0.39, 0.29) is 23.9 Å². The van der Waals surface area contributed by atoms with Gasteiger partial charge in [-0.25, -0.2) is 0 Å². The van der Waals surface area contributed by atoms with Gasteiger partial charge in [0.05, 0.1) is 0 Å². The Morgan fingerprint density at radius 1 is 1.29 bits per heavy atom. The van der Waals surface area contributed by atoms with Gasteiger partial charge in [-0.05, 0) is 24.8 Å². The Morgan fingerprint density at radius 2 is 2.05 bits per heavy atom. The number of nitrogens with zero attached hydrogens (tertiary/aromatic N) is 1. The van der Waals surface area contributed by atoms with Gasteiger partial charge in [-0.3, -0.25) is 9.59 Å². The van der Waals surface area contributed by atoms with Crippen molar-refractivity contribution in [3.8, 4) is 0 Å². The lowest BCUT2D eigenvalue weighted by atomic mass is 9.77. The fraction of sp³-hybridized carbons (Fsp3) is 0.529. The smallest absolute Gasteiger partial charge is 0.302 e. The Balaban J connectivity index is 1.68. The molecular formula is C17H21NO3. The summed E-state index contributed by atoms with van der Waals surface area (Å²) in [5.41, 5.74) is 1.17. The maximum Gasteiger partial charge on any atom is 0.302 e. The molecule has 0 radical (unpaired) electrons. The number of likely N-dealkylation sites (tertiary alicyclic amines) is 1. The summed E-state index contributed by atoms with van der Waals surface area (Å²) < 4.78 is 5.37. The Kier molecular flexibility index (Phi) is 3.95. The molecule has 1 heterocycles. The van der Waals surface area contributed by atoms with E-state index in [1.54, 1.807) is 0 Å². The summed E-state index contributed by atoms with van der Waals surface area (Å²) in [4.78, 5) is 25.6. The maximum atomic E-state index is 12.4. The molecule has 0 unspecified atom stereocenters. The lowest BCUT2D eigenvalue weighted by Crippen LogP contribution is -2.52. The predicted molar refractivity (Wildman–Crippen MR) is 78.3 cm³/mol. The minimum Gasteiger partial charge on any atom is -0.462 e. The van der Waals surface area contributed by atoms with Crippen molar-refractivity contribution in [3.63, 3.8) is 0 Å². The van der Waals surface area contributed by atoms with E-state index < -0.39 is 0 Å². The molecule has 21 heavy (non-hydrogen) atoms. The van der Waals surface area contributed by atoms with Crippen LogP contribution >= 0.6 is 0 Å². The fourth-order valence-electron chi connectivity index (χ4n) is 3.62. The fourth-order valence-corrected chi connectivity index (χ4v) is 3.62. The number of esters is 1. The van der Waals surface area contributed by atoms with E-state index >= 15 is 0 Å². The van der Waals surface area contributed by atoms with Gasteiger partial charge < -0.3 is 9.64 Å². The molecule has 1 amide bonds. The highest BCUT2D eigenvalue weighted by atomic mass is 16.5. The SMILES string of the molecule is CC(=O)O[C@H]1CC[C@H]2C[C@@H]1CC(=O)N2Cc1ccccc1. The van der Waals surface area contributed by atoms with E-state index in [0.717, 1.165) is 19.3 Å². The first-order valence-corrected chi connectivity index (χ1v) is 7.64. The first-order chi connectivity index (χ1) is 10.1. The Bertz CT molecular complexity index is 528. The first kappa shape index (κ1) is 14.1. The highest BCUT2D eigenvalue weighted by Crippen LogP contribution is 2.37. The molecule has 0 N–H and O–H groups in total. The Morgan fingerprint density at radius 3 is 2.76 bits per heavy atom. The second kappa shape index (κ2) is 5.88. The molecule has 1 aromatic rings. The number of hydrogen-bond acceptors (Lipinski definition) is 3. The summed E-state index contributed by atoms with van der Waals surface area (Å²) in [6, 6.07) is 10.4. The van der Waals surface area contributed by atoms with Crippen molar-refractivity contribution in [2.45, 2.75) is 51.3 Å². The van der Waals surface area contributed by atoms with Gasteiger partial charge >= 0.3 is 5.97 Å². The van der Waals surface area contributed by atoms with Crippen molar-refractivity contribution < 1.29 is 14.3 Å². The lowest BCUT2D eigenvalue weighted by molar-refractivity contribution is -0.160. The third kappa shape index (κ3) is 3.09. The normalized spacial score (nSPS) is 28.3. The molecule has 112 valence electrons. The molecule has 1 aliphatic carbocycles. The number of piperidine rings is 1. The van der Waals surface area contributed by atoms with E-state index in [1.165, 1.54) is 12.5 Å². The van der Waals surface area contributed by atoms with Crippen molar-refractivity contribution in [2.75, 3.05) is 0 Å². The average Bonchev–Trinajstić information content (AvgIpc) is 2.46. The van der Waals surface area contributed by atoms with E-state index in [4.69, 9.17) is 4.74 Å². The van der Waals surface area contributed by atoms with Gasteiger partial charge in [-0.2, -0.15) is 0 Å². The summed E-state index contributed by atoms with van der Waals surface area (Å²) in [5, 5.41) is 0. The minimum absolute atomic E-state index is 0.0680. The van der Waals surface area contributed by atoms with Gasteiger partial charge in [0.25, 0.3) is 0 Å². The van der Waals surface area contributed by atoms with Crippen LogP contribution in [-0.4, -0.2) is 28.9 Å². The van der Waals surface area contributed by atoms with E-state index in [2.05, 4.69) is 12.1 Å². The molecule has 1 saturated carbocycles. The van der Waals surface area contributed by atoms with Gasteiger partial charge in [-0.1, -0.05) is 30.3 Å². The van der Waals surface area contributed by atoms with Crippen molar-refractivity contribution >= 4 is 11.9 Å². The molecule has 4 nitrogen and oxygen atoms in total. The van der Waals surface area contributed by atoms with E-state index in [9.17, 15) is 9.59 Å². The summed E-state index contributed by atoms with van der Waals surface area (Å²) in [6.07, 6.45) is 3.18. The van der Waals surface area contributed by atoms with E-state index in [1.807, 2.05) is 23.1 Å². The number of hydrogen-bond donors (Lipinski definition) is 0. The third-order valence-corrected chi connectivity index (χ3v) is 4.60. The molecule has 3 rings (SSSR count). The van der Waals surface area contributed by atoms with Crippen LogP contribution in [0.25, 0.3) is 0 Å². The third-order valence-electron chi connectivity index (χ3n) is 4.60. The van der Waals surface area contributed by atoms with Crippen LogP contribution in [0.3, 0.4) is 0 Å². The second-order valence-electron chi connectivity index (χ2n) is 6.09. The van der Waals surface area contributed by atoms with Crippen molar-refractivity contribution in [3.05, 3.63) is 35.9 Å². The number of carbonyl (C=O) groups excluding carboxylic acids is 2. The van der Waals surface area contributed by atoms with Crippen LogP contribution in [0.4, 0.5) is 0 Å². The predicted octanol–water partition coefficient (Wildman–Crippen LogP) is 2.52. The van der Waals surface area contributed by atoms with Crippen LogP contribution < -0.4 is 0 Å². The highest BCUT2D eigenvalue weighted by molar-refractivity contribution is 5.78. The van der Waals surface area contributed by atoms with Crippen molar-refractivity contribution in [1.29, 1.82) is 0 Å². The average molecular weight is 287 g/mol. The quantitative estimate of drug-likeness (QED) is 0.803. The molecule has 1 aromatic carbocycles. The Labute approximate surface area is 125 Å². The van der Waals surface area contributed by atoms with Gasteiger partial charge in [0.1, 0.15) is 6.10 Å². The molecular weight excluding hydrogens is 266 g/mol. The van der Waals surface area contributed by atoms with Gasteiger partial charge in [-0.15, -0.1) is 0 Å². The molecule has 4 heteroatoms. The van der Waals surface area contributed by atoms with Crippen LogP contribution in [0.15, 0.2) is 30.3 Å². The number of rotatable bonds is 3. The number of benzene rings is 1. The number of carbonyl (C=O) groups is 2. The van der Waals surface area contributed by atoms with Crippen molar-refractivity contribution in [2.24, 2.45) is 5.92 Å². The topological polar surface area (TPSA) is 46.6 Å². The molecule has 2 bridgehead atoms. The minimum atomic E-state index is -0.238. The molecule has 2 fully saturated rings. The number of amides is 1. The van der Waals surface area contributed by atoms with E-state index in [0.29, 0.717) is 19.0 Å². The monoisotopic (exact) mass is 287 g/mol. The number of fused-ring (bicyclic) bond motifs is 2. The van der Waals surface area contributed by atoms with Gasteiger partial charge in [0, 0.05) is 31.8 Å². The standard InChI is InChI=1S/C17H21NO3/c1-12(19)21-16-8-7-15-9-14(16)10-17(20)18(15)11-13-5-3-2-4-6-13/h2-6,14-16H,7-11H2,1H3/t14-,15+,16+/m1/s1. The summed E-state index contributed by atoms with van der Waals surface area (Å²) >= 11 is 0. The molecule has 2 aliphatic rings.